The minimum Gasteiger partial charge on any atom is -0.378 e. The Labute approximate surface area is 117 Å². The number of hydrogen-bond acceptors (Lipinski definition) is 5. The summed E-state index contributed by atoms with van der Waals surface area (Å²) in [5.74, 6) is 5.51. The molecule has 0 aliphatic carbocycles. The van der Waals surface area contributed by atoms with Crippen molar-refractivity contribution < 1.29 is 4.79 Å². The predicted octanol–water partition coefficient (Wildman–Crippen LogP) is 1.69. The lowest BCUT2D eigenvalue weighted by Gasteiger charge is -2.13. The molecule has 0 aliphatic heterocycles. The maximum absolute atomic E-state index is 12.1. The predicted molar refractivity (Wildman–Crippen MR) is 80.8 cm³/mol. The van der Waals surface area contributed by atoms with Gasteiger partial charge in [-0.05, 0) is 36.4 Å². The Balaban J connectivity index is 2.10. The first-order chi connectivity index (χ1) is 9.60. The maximum Gasteiger partial charge on any atom is 0.255 e. The van der Waals surface area contributed by atoms with E-state index in [1.807, 2.05) is 43.3 Å². The number of nitrogen functional groups attached to an aromatic ring is 1. The van der Waals surface area contributed by atoms with Crippen molar-refractivity contribution >= 4 is 23.1 Å². The van der Waals surface area contributed by atoms with Gasteiger partial charge < -0.3 is 15.6 Å². The highest BCUT2D eigenvalue weighted by atomic mass is 16.1. The van der Waals surface area contributed by atoms with E-state index in [0.29, 0.717) is 11.4 Å². The second-order valence-corrected chi connectivity index (χ2v) is 4.47. The van der Waals surface area contributed by atoms with Gasteiger partial charge in [0.2, 0.25) is 0 Å². The molecule has 0 atom stereocenters. The molecule has 0 unspecified atom stereocenters. The summed E-state index contributed by atoms with van der Waals surface area (Å²) in [4.78, 5) is 18.0. The Kier molecular flexibility index (Phi) is 4.17. The second kappa shape index (κ2) is 6.03. The molecule has 0 radical (unpaired) electrons. The average molecular weight is 271 g/mol. The van der Waals surface area contributed by atoms with Crippen molar-refractivity contribution in [1.82, 2.24) is 4.98 Å². The van der Waals surface area contributed by atoms with E-state index in [4.69, 9.17) is 5.84 Å². The van der Waals surface area contributed by atoms with Gasteiger partial charge in [-0.1, -0.05) is 0 Å². The Morgan fingerprint density at radius 3 is 2.50 bits per heavy atom. The number of hydrazine groups is 1. The number of nitrogens with zero attached hydrogens (tertiary/aromatic N) is 2. The number of pyridine rings is 1. The fraction of sp³-hybridized carbons (Fsp3) is 0.143. The van der Waals surface area contributed by atoms with Crippen LogP contribution in [0.2, 0.25) is 0 Å². The first kappa shape index (κ1) is 13.8. The van der Waals surface area contributed by atoms with Gasteiger partial charge in [0.05, 0.1) is 0 Å². The van der Waals surface area contributed by atoms with Crippen LogP contribution in [-0.4, -0.2) is 25.0 Å². The summed E-state index contributed by atoms with van der Waals surface area (Å²) in [6.45, 7) is 0. The molecule has 0 spiro atoms. The smallest absolute Gasteiger partial charge is 0.255 e. The third-order valence-corrected chi connectivity index (χ3v) is 2.81. The van der Waals surface area contributed by atoms with E-state index < -0.39 is 0 Å². The topological polar surface area (TPSA) is 83.3 Å². The Hall–Kier alpha value is -2.60. The van der Waals surface area contributed by atoms with Crippen molar-refractivity contribution in [3.8, 4) is 0 Å². The van der Waals surface area contributed by atoms with Crippen molar-refractivity contribution in [3.05, 3.63) is 48.2 Å². The first-order valence-electron chi connectivity index (χ1n) is 6.11. The van der Waals surface area contributed by atoms with Gasteiger partial charge in [-0.25, -0.2) is 10.8 Å². The van der Waals surface area contributed by atoms with Gasteiger partial charge in [-0.2, -0.15) is 0 Å². The number of hydrogen-bond donors (Lipinski definition) is 3. The molecule has 0 saturated heterocycles. The molecule has 6 nitrogen and oxygen atoms in total. The number of amides is 1. The molecule has 0 saturated carbocycles. The molecule has 0 fully saturated rings. The average Bonchev–Trinajstić information content (AvgIpc) is 2.47. The SMILES string of the molecule is CN(C)c1ccc(NC(=O)c2ccnc(NN)c2)cc1. The standard InChI is InChI=1S/C14H17N5O/c1-19(2)12-5-3-11(4-6-12)17-14(20)10-7-8-16-13(9-10)18-15/h3-9H,15H2,1-2H3,(H,16,18)(H,17,20). The van der Waals surface area contributed by atoms with Gasteiger partial charge in [-0.3, -0.25) is 4.79 Å². The Morgan fingerprint density at radius 1 is 1.20 bits per heavy atom. The van der Waals surface area contributed by atoms with E-state index >= 15 is 0 Å². The van der Waals surface area contributed by atoms with Gasteiger partial charge in [0.25, 0.3) is 5.91 Å². The zero-order valence-electron chi connectivity index (χ0n) is 11.4. The van der Waals surface area contributed by atoms with E-state index in [0.717, 1.165) is 11.4 Å². The normalized spacial score (nSPS) is 9.95. The van der Waals surface area contributed by atoms with E-state index in [2.05, 4.69) is 15.7 Å². The van der Waals surface area contributed by atoms with Crippen LogP contribution in [0, 0.1) is 0 Å². The van der Waals surface area contributed by atoms with Crippen LogP contribution in [0.3, 0.4) is 0 Å². The molecule has 1 aromatic heterocycles. The molecule has 6 heteroatoms. The molecule has 2 aromatic rings. The number of benzene rings is 1. The number of rotatable bonds is 4. The summed E-state index contributed by atoms with van der Waals surface area (Å²) in [5.41, 5.74) is 4.71. The number of nitrogens with two attached hydrogens (primary N) is 1. The minimum atomic E-state index is -0.207. The Bertz CT molecular complexity index is 595. The van der Waals surface area contributed by atoms with Crippen LogP contribution < -0.4 is 21.5 Å². The van der Waals surface area contributed by atoms with Crippen LogP contribution >= 0.6 is 0 Å². The number of carbonyl (C=O) groups is 1. The number of nitrogens with one attached hydrogen (secondary N) is 2. The van der Waals surface area contributed by atoms with Gasteiger partial charge in [-0.15, -0.1) is 0 Å². The second-order valence-electron chi connectivity index (χ2n) is 4.47. The van der Waals surface area contributed by atoms with Crippen molar-refractivity contribution in [2.45, 2.75) is 0 Å². The molecule has 1 aromatic carbocycles. The van der Waals surface area contributed by atoms with Gasteiger partial charge >= 0.3 is 0 Å². The summed E-state index contributed by atoms with van der Waals surface area (Å²) in [6.07, 6.45) is 1.53. The van der Waals surface area contributed by atoms with Crippen molar-refractivity contribution in [2.75, 3.05) is 29.7 Å². The summed E-state index contributed by atoms with van der Waals surface area (Å²) in [6, 6.07) is 10.8. The number of carbonyl (C=O) groups excluding carboxylic acids is 1. The van der Waals surface area contributed by atoms with E-state index in [9.17, 15) is 4.79 Å². The Morgan fingerprint density at radius 2 is 1.90 bits per heavy atom. The molecule has 0 aliphatic rings. The fourth-order valence-electron chi connectivity index (χ4n) is 1.70. The third kappa shape index (κ3) is 3.24. The number of aromatic nitrogens is 1. The fourth-order valence-corrected chi connectivity index (χ4v) is 1.70. The van der Waals surface area contributed by atoms with Crippen molar-refractivity contribution in [3.63, 3.8) is 0 Å². The monoisotopic (exact) mass is 271 g/mol. The van der Waals surface area contributed by atoms with E-state index in [1.165, 1.54) is 6.20 Å². The third-order valence-electron chi connectivity index (χ3n) is 2.81. The lowest BCUT2D eigenvalue weighted by molar-refractivity contribution is 0.102. The zero-order valence-corrected chi connectivity index (χ0v) is 11.4. The first-order valence-corrected chi connectivity index (χ1v) is 6.11. The lowest BCUT2D eigenvalue weighted by Crippen LogP contribution is -2.14. The summed E-state index contributed by atoms with van der Waals surface area (Å²) in [5, 5.41) is 2.82. The highest BCUT2D eigenvalue weighted by Gasteiger charge is 2.07. The summed E-state index contributed by atoms with van der Waals surface area (Å²) >= 11 is 0. The highest BCUT2D eigenvalue weighted by molar-refractivity contribution is 6.04. The lowest BCUT2D eigenvalue weighted by atomic mass is 10.2. The molecular formula is C14H17N5O. The molecule has 1 heterocycles. The highest BCUT2D eigenvalue weighted by Crippen LogP contribution is 2.16. The maximum atomic E-state index is 12.1. The van der Waals surface area contributed by atoms with Crippen LogP contribution in [0.25, 0.3) is 0 Å². The van der Waals surface area contributed by atoms with Crippen LogP contribution in [-0.2, 0) is 0 Å². The molecule has 1 amide bonds. The minimum absolute atomic E-state index is 0.207. The summed E-state index contributed by atoms with van der Waals surface area (Å²) in [7, 11) is 3.93. The van der Waals surface area contributed by atoms with Crippen LogP contribution in [0.1, 0.15) is 10.4 Å². The summed E-state index contributed by atoms with van der Waals surface area (Å²) < 4.78 is 0. The van der Waals surface area contributed by atoms with Crippen LogP contribution in [0.15, 0.2) is 42.6 Å². The van der Waals surface area contributed by atoms with Crippen LogP contribution in [0.4, 0.5) is 17.2 Å². The zero-order chi connectivity index (χ0) is 14.5. The van der Waals surface area contributed by atoms with Crippen molar-refractivity contribution in [1.29, 1.82) is 0 Å². The van der Waals surface area contributed by atoms with Crippen LogP contribution in [0.5, 0.6) is 0 Å². The van der Waals surface area contributed by atoms with Crippen molar-refractivity contribution in [2.24, 2.45) is 5.84 Å². The van der Waals surface area contributed by atoms with Gasteiger partial charge in [0.15, 0.2) is 0 Å². The van der Waals surface area contributed by atoms with Gasteiger partial charge in [0, 0.05) is 37.2 Å². The molecule has 2 rings (SSSR count). The molecular weight excluding hydrogens is 254 g/mol. The molecule has 104 valence electrons. The van der Waals surface area contributed by atoms with E-state index in [-0.39, 0.29) is 5.91 Å². The largest absolute Gasteiger partial charge is 0.378 e. The van der Waals surface area contributed by atoms with E-state index in [1.54, 1.807) is 12.1 Å². The number of anilines is 3. The molecule has 0 bridgehead atoms. The molecule has 4 N–H and O–H groups in total. The molecule has 20 heavy (non-hydrogen) atoms. The van der Waals surface area contributed by atoms with Gasteiger partial charge in [0.1, 0.15) is 5.82 Å². The quantitative estimate of drug-likeness (QED) is 0.582.